The van der Waals surface area contributed by atoms with E-state index < -0.39 is 0 Å². The quantitative estimate of drug-likeness (QED) is 0.677. The van der Waals surface area contributed by atoms with Crippen molar-refractivity contribution in [2.24, 2.45) is 5.73 Å². The molecule has 88 valence electrons. The Morgan fingerprint density at radius 1 is 1.12 bits per heavy atom. The second-order valence-electron chi connectivity index (χ2n) is 3.94. The van der Waals surface area contributed by atoms with Gasteiger partial charge in [0, 0.05) is 26.2 Å². The Labute approximate surface area is 98.8 Å². The van der Waals surface area contributed by atoms with Gasteiger partial charge in [0.2, 0.25) is 0 Å². The molecule has 2 nitrogen and oxygen atoms in total. The summed E-state index contributed by atoms with van der Waals surface area (Å²) in [4.78, 5) is 2.40. The van der Waals surface area contributed by atoms with Crippen LogP contribution in [0.15, 0.2) is 43.0 Å². The number of hydrogen-bond donors (Lipinski definition) is 1. The van der Waals surface area contributed by atoms with Gasteiger partial charge in [-0.1, -0.05) is 36.4 Å². The molecule has 0 amide bonds. The first-order chi connectivity index (χ1) is 7.86. The van der Waals surface area contributed by atoms with Crippen LogP contribution in [0, 0.1) is 0 Å². The highest BCUT2D eigenvalue weighted by Crippen LogP contribution is 2.02. The highest BCUT2D eigenvalue weighted by molar-refractivity contribution is 5.14. The van der Waals surface area contributed by atoms with Gasteiger partial charge in [0.1, 0.15) is 0 Å². The van der Waals surface area contributed by atoms with E-state index in [1.807, 2.05) is 6.08 Å². The van der Waals surface area contributed by atoms with Crippen molar-refractivity contribution in [2.75, 3.05) is 26.2 Å². The largest absolute Gasteiger partial charge is 0.329 e. The lowest BCUT2D eigenvalue weighted by molar-refractivity contribution is 0.290. The van der Waals surface area contributed by atoms with E-state index in [9.17, 15) is 0 Å². The first-order valence-electron chi connectivity index (χ1n) is 5.94. The van der Waals surface area contributed by atoms with Crippen LogP contribution in [-0.2, 0) is 6.42 Å². The van der Waals surface area contributed by atoms with Crippen molar-refractivity contribution in [3.63, 3.8) is 0 Å². The summed E-state index contributed by atoms with van der Waals surface area (Å²) in [6.45, 7) is 7.60. The summed E-state index contributed by atoms with van der Waals surface area (Å²) in [6, 6.07) is 10.6. The molecule has 0 saturated carbocycles. The van der Waals surface area contributed by atoms with Crippen molar-refractivity contribution < 1.29 is 0 Å². The zero-order valence-electron chi connectivity index (χ0n) is 9.94. The summed E-state index contributed by atoms with van der Waals surface area (Å²) < 4.78 is 0. The van der Waals surface area contributed by atoms with Crippen LogP contribution < -0.4 is 5.73 Å². The van der Waals surface area contributed by atoms with Crippen LogP contribution in [0.3, 0.4) is 0 Å². The van der Waals surface area contributed by atoms with E-state index in [1.165, 1.54) is 5.56 Å². The van der Waals surface area contributed by atoms with Crippen molar-refractivity contribution in [2.45, 2.75) is 12.8 Å². The third-order valence-corrected chi connectivity index (χ3v) is 2.65. The maximum atomic E-state index is 5.60. The maximum Gasteiger partial charge on any atom is 0.0105 e. The highest BCUT2D eigenvalue weighted by Gasteiger charge is 2.02. The summed E-state index contributed by atoms with van der Waals surface area (Å²) in [6.07, 6.45) is 4.10. The minimum atomic E-state index is 0.728. The average molecular weight is 218 g/mol. The van der Waals surface area contributed by atoms with Crippen LogP contribution in [0.25, 0.3) is 0 Å². The molecule has 16 heavy (non-hydrogen) atoms. The molecule has 1 rings (SSSR count). The van der Waals surface area contributed by atoms with E-state index in [4.69, 9.17) is 5.73 Å². The molecular formula is C14H22N2. The Hall–Kier alpha value is -1.12. The third kappa shape index (κ3) is 5.10. The molecule has 0 radical (unpaired) electrons. The third-order valence-electron chi connectivity index (χ3n) is 2.65. The first kappa shape index (κ1) is 12.9. The van der Waals surface area contributed by atoms with E-state index in [0.717, 1.165) is 39.0 Å². The fourth-order valence-electron chi connectivity index (χ4n) is 1.72. The van der Waals surface area contributed by atoms with Crippen molar-refractivity contribution in [1.29, 1.82) is 0 Å². The first-order valence-corrected chi connectivity index (χ1v) is 5.94. The van der Waals surface area contributed by atoms with Crippen LogP contribution in [0.4, 0.5) is 0 Å². The van der Waals surface area contributed by atoms with Gasteiger partial charge in [0.25, 0.3) is 0 Å². The van der Waals surface area contributed by atoms with Gasteiger partial charge in [-0.05, 0) is 18.4 Å². The van der Waals surface area contributed by atoms with Gasteiger partial charge in [-0.2, -0.15) is 0 Å². The zero-order chi connectivity index (χ0) is 11.6. The molecule has 0 spiro atoms. The Morgan fingerprint density at radius 2 is 1.88 bits per heavy atom. The molecule has 0 atom stereocenters. The molecule has 0 aliphatic rings. The summed E-state index contributed by atoms with van der Waals surface area (Å²) >= 11 is 0. The number of hydrogen-bond acceptors (Lipinski definition) is 2. The van der Waals surface area contributed by atoms with E-state index in [2.05, 4.69) is 41.8 Å². The monoisotopic (exact) mass is 218 g/mol. The minimum Gasteiger partial charge on any atom is -0.329 e. The van der Waals surface area contributed by atoms with E-state index in [0.29, 0.717) is 0 Å². The van der Waals surface area contributed by atoms with Crippen LogP contribution in [0.5, 0.6) is 0 Å². The predicted octanol–water partition coefficient (Wildman–Crippen LogP) is 2.07. The van der Waals surface area contributed by atoms with Gasteiger partial charge in [0.15, 0.2) is 0 Å². The molecule has 0 bridgehead atoms. The van der Waals surface area contributed by atoms with Crippen molar-refractivity contribution >= 4 is 0 Å². The maximum absolute atomic E-state index is 5.60. The minimum absolute atomic E-state index is 0.728. The van der Waals surface area contributed by atoms with Crippen LogP contribution >= 0.6 is 0 Å². The molecule has 0 unspecified atom stereocenters. The molecule has 2 heteroatoms. The van der Waals surface area contributed by atoms with E-state index >= 15 is 0 Å². The SMILES string of the molecule is C=CCCN(CCN)CCc1ccccc1. The number of nitrogens with two attached hydrogens (primary N) is 1. The number of benzene rings is 1. The molecular weight excluding hydrogens is 196 g/mol. The lowest BCUT2D eigenvalue weighted by atomic mass is 10.1. The smallest absolute Gasteiger partial charge is 0.0105 e. The van der Waals surface area contributed by atoms with Gasteiger partial charge in [-0.15, -0.1) is 6.58 Å². The molecule has 0 fully saturated rings. The lowest BCUT2D eigenvalue weighted by Gasteiger charge is -2.20. The molecule has 1 aromatic rings. The van der Waals surface area contributed by atoms with Gasteiger partial charge in [-0.25, -0.2) is 0 Å². The van der Waals surface area contributed by atoms with Crippen molar-refractivity contribution in [3.05, 3.63) is 48.6 Å². The Balaban J connectivity index is 2.34. The normalized spacial score (nSPS) is 10.6. The average Bonchev–Trinajstić information content (AvgIpc) is 2.34. The molecule has 2 N–H and O–H groups in total. The fraction of sp³-hybridized carbons (Fsp3) is 0.429. The molecule has 0 aliphatic heterocycles. The summed E-state index contributed by atoms with van der Waals surface area (Å²) in [5, 5.41) is 0. The number of rotatable bonds is 8. The topological polar surface area (TPSA) is 29.3 Å². The Morgan fingerprint density at radius 3 is 2.50 bits per heavy atom. The zero-order valence-corrected chi connectivity index (χ0v) is 9.94. The lowest BCUT2D eigenvalue weighted by Crippen LogP contribution is -2.32. The standard InChI is InChI=1S/C14H22N2/c1-2-3-11-16(13-10-15)12-9-14-7-5-4-6-8-14/h2,4-8H,1,3,9-13,15H2. The number of nitrogens with zero attached hydrogens (tertiary/aromatic N) is 1. The van der Waals surface area contributed by atoms with Crippen molar-refractivity contribution in [3.8, 4) is 0 Å². The molecule has 0 heterocycles. The summed E-state index contributed by atoms with van der Waals surface area (Å²) in [5.74, 6) is 0. The Kier molecular flexibility index (Phi) is 6.54. The van der Waals surface area contributed by atoms with E-state index in [-0.39, 0.29) is 0 Å². The molecule has 0 aliphatic carbocycles. The Bertz CT molecular complexity index is 282. The van der Waals surface area contributed by atoms with Gasteiger partial charge in [0.05, 0.1) is 0 Å². The van der Waals surface area contributed by atoms with E-state index in [1.54, 1.807) is 0 Å². The molecule has 0 aromatic heterocycles. The molecule has 1 aromatic carbocycles. The summed E-state index contributed by atoms with van der Waals surface area (Å²) in [5.41, 5.74) is 6.99. The highest BCUT2D eigenvalue weighted by atomic mass is 15.1. The van der Waals surface area contributed by atoms with Gasteiger partial charge >= 0.3 is 0 Å². The summed E-state index contributed by atoms with van der Waals surface area (Å²) in [7, 11) is 0. The van der Waals surface area contributed by atoms with Gasteiger partial charge in [-0.3, -0.25) is 0 Å². The second-order valence-corrected chi connectivity index (χ2v) is 3.94. The fourth-order valence-corrected chi connectivity index (χ4v) is 1.72. The molecule has 0 saturated heterocycles. The van der Waals surface area contributed by atoms with Gasteiger partial charge < -0.3 is 10.6 Å². The van der Waals surface area contributed by atoms with Crippen LogP contribution in [0.2, 0.25) is 0 Å². The second kappa shape index (κ2) is 8.08. The van der Waals surface area contributed by atoms with Crippen molar-refractivity contribution in [1.82, 2.24) is 4.90 Å². The van der Waals surface area contributed by atoms with Crippen LogP contribution in [0.1, 0.15) is 12.0 Å². The predicted molar refractivity (Wildman–Crippen MR) is 70.5 cm³/mol. The van der Waals surface area contributed by atoms with Crippen LogP contribution in [-0.4, -0.2) is 31.1 Å².